The molecule has 27 heavy (non-hydrogen) atoms. The molecular weight excluding hydrogens is 338 g/mol. The van der Waals surface area contributed by atoms with Crippen molar-refractivity contribution in [3.63, 3.8) is 0 Å². The fraction of sp³-hybridized carbons (Fsp3) is 0.636. The average molecular weight is 370 g/mol. The topological polar surface area (TPSA) is 61.4 Å². The largest absolute Gasteiger partial charge is 0.339 e. The van der Waals surface area contributed by atoms with Crippen LogP contribution in [0.3, 0.4) is 0 Å². The predicted octanol–water partition coefficient (Wildman–Crippen LogP) is 3.20. The van der Waals surface area contributed by atoms with Crippen molar-refractivity contribution in [1.29, 1.82) is 0 Å². The molecule has 1 saturated carbocycles. The van der Waals surface area contributed by atoms with Crippen LogP contribution in [0.15, 0.2) is 18.2 Å². The van der Waals surface area contributed by atoms with E-state index in [1.54, 1.807) is 0 Å². The first-order valence-electron chi connectivity index (χ1n) is 10.4. The molecule has 2 amide bonds. The lowest BCUT2D eigenvalue weighted by atomic mass is 9.91. The highest BCUT2D eigenvalue weighted by Crippen LogP contribution is 2.58. The van der Waals surface area contributed by atoms with Gasteiger partial charge in [-0.15, -0.1) is 0 Å². The Balaban J connectivity index is 1.39. The average Bonchev–Trinajstić information content (AvgIpc) is 3.37. The molecule has 1 atom stereocenters. The summed E-state index contributed by atoms with van der Waals surface area (Å²) in [5, 5.41) is 6.49. The summed E-state index contributed by atoms with van der Waals surface area (Å²) in [6.45, 7) is 7.95. The molecule has 1 aromatic carbocycles. The molecule has 1 unspecified atom stereocenters. The Morgan fingerprint density at radius 3 is 2.56 bits per heavy atom. The third kappa shape index (κ3) is 3.75. The second-order valence-corrected chi connectivity index (χ2v) is 8.86. The van der Waals surface area contributed by atoms with Gasteiger partial charge in [0.2, 0.25) is 5.91 Å². The van der Waals surface area contributed by atoms with E-state index >= 15 is 0 Å². The fourth-order valence-corrected chi connectivity index (χ4v) is 4.75. The molecule has 146 valence electrons. The lowest BCUT2D eigenvalue weighted by Crippen LogP contribution is -2.37. The molecule has 5 nitrogen and oxygen atoms in total. The molecular formula is C22H31N3O2. The van der Waals surface area contributed by atoms with Crippen LogP contribution in [-0.4, -0.2) is 42.9 Å². The van der Waals surface area contributed by atoms with Gasteiger partial charge in [0.15, 0.2) is 0 Å². The highest BCUT2D eigenvalue weighted by atomic mass is 16.2. The second kappa shape index (κ2) is 7.27. The van der Waals surface area contributed by atoms with Crippen LogP contribution < -0.4 is 10.6 Å². The van der Waals surface area contributed by atoms with Crippen molar-refractivity contribution in [3.8, 4) is 0 Å². The molecule has 2 N–H and O–H groups in total. The molecule has 1 spiro atoms. The zero-order valence-corrected chi connectivity index (χ0v) is 16.5. The number of likely N-dealkylation sites (tertiary alicyclic amines) is 1. The number of carbonyl (C=O) groups excluding carboxylic acids is 2. The summed E-state index contributed by atoms with van der Waals surface area (Å²) in [6.07, 6.45) is 5.39. The summed E-state index contributed by atoms with van der Waals surface area (Å²) in [7, 11) is 0. The van der Waals surface area contributed by atoms with E-state index < -0.39 is 0 Å². The van der Waals surface area contributed by atoms with Crippen molar-refractivity contribution < 1.29 is 9.59 Å². The number of hydrogen-bond donors (Lipinski definition) is 2. The van der Waals surface area contributed by atoms with Crippen LogP contribution in [0.1, 0.15) is 54.9 Å². The lowest BCUT2D eigenvalue weighted by molar-refractivity contribution is -0.118. The number of hydrogen-bond acceptors (Lipinski definition) is 3. The predicted molar refractivity (Wildman–Crippen MR) is 107 cm³/mol. The van der Waals surface area contributed by atoms with Crippen molar-refractivity contribution in [2.45, 2.75) is 46.0 Å². The van der Waals surface area contributed by atoms with E-state index in [4.69, 9.17) is 0 Å². The molecule has 3 fully saturated rings. The Bertz CT molecular complexity index is 731. The fourth-order valence-electron chi connectivity index (χ4n) is 4.75. The first kappa shape index (κ1) is 18.5. The molecule has 3 aliphatic rings. The van der Waals surface area contributed by atoms with Gasteiger partial charge in [0.05, 0.1) is 0 Å². The Labute approximate surface area is 161 Å². The summed E-state index contributed by atoms with van der Waals surface area (Å²) in [4.78, 5) is 27.4. The minimum absolute atomic E-state index is 0.110. The Kier molecular flexibility index (Phi) is 4.97. The van der Waals surface area contributed by atoms with Crippen molar-refractivity contribution in [1.82, 2.24) is 10.2 Å². The number of nitrogens with one attached hydrogen (secondary N) is 2. The Hall–Kier alpha value is -1.88. The van der Waals surface area contributed by atoms with Crippen LogP contribution in [0.5, 0.6) is 0 Å². The van der Waals surface area contributed by atoms with E-state index in [9.17, 15) is 9.59 Å². The van der Waals surface area contributed by atoms with Gasteiger partial charge >= 0.3 is 0 Å². The number of amides is 2. The monoisotopic (exact) mass is 369 g/mol. The summed E-state index contributed by atoms with van der Waals surface area (Å²) in [6, 6.07) is 5.67. The zero-order chi connectivity index (χ0) is 19.0. The van der Waals surface area contributed by atoms with Crippen LogP contribution in [-0.2, 0) is 4.79 Å². The quantitative estimate of drug-likeness (QED) is 0.860. The summed E-state index contributed by atoms with van der Waals surface area (Å²) in [5.74, 6) is 1.11. The van der Waals surface area contributed by atoms with Gasteiger partial charge in [-0.2, -0.15) is 0 Å². The van der Waals surface area contributed by atoms with Crippen LogP contribution >= 0.6 is 0 Å². The van der Waals surface area contributed by atoms with Gasteiger partial charge in [0.25, 0.3) is 5.91 Å². The van der Waals surface area contributed by atoms with Gasteiger partial charge < -0.3 is 15.5 Å². The normalized spacial score (nSPS) is 24.7. The molecule has 0 aromatic heterocycles. The standard InChI is InChI=1S/C22H31N3O2/c1-15-5-11-25(12-6-15)21(27)17-3-4-19(16(2)13-17)24-20(26)18-14-22(18)7-9-23-10-8-22/h3-4,13,15,18,23H,5-12,14H2,1-2H3,(H,24,26). The number of rotatable bonds is 3. The highest BCUT2D eigenvalue weighted by Gasteiger charge is 2.57. The third-order valence-electron chi connectivity index (χ3n) is 6.91. The minimum atomic E-state index is 0.110. The van der Waals surface area contributed by atoms with Gasteiger partial charge in [0, 0.05) is 30.3 Å². The molecule has 2 saturated heterocycles. The summed E-state index contributed by atoms with van der Waals surface area (Å²) < 4.78 is 0. The van der Waals surface area contributed by atoms with E-state index in [1.807, 2.05) is 30.0 Å². The van der Waals surface area contributed by atoms with E-state index in [1.165, 1.54) is 0 Å². The summed E-state index contributed by atoms with van der Waals surface area (Å²) >= 11 is 0. The van der Waals surface area contributed by atoms with Crippen LogP contribution in [0.2, 0.25) is 0 Å². The maximum absolute atomic E-state index is 12.7. The number of benzene rings is 1. The van der Waals surface area contributed by atoms with Gasteiger partial charge in [-0.05, 0) is 87.2 Å². The summed E-state index contributed by atoms with van der Waals surface area (Å²) in [5.41, 5.74) is 2.76. The first-order valence-corrected chi connectivity index (χ1v) is 10.4. The van der Waals surface area contributed by atoms with Gasteiger partial charge in [-0.1, -0.05) is 6.92 Å². The third-order valence-corrected chi connectivity index (χ3v) is 6.91. The Morgan fingerprint density at radius 2 is 1.89 bits per heavy atom. The van der Waals surface area contributed by atoms with E-state index in [0.717, 1.165) is 75.1 Å². The van der Waals surface area contributed by atoms with Gasteiger partial charge in [0.1, 0.15) is 0 Å². The Morgan fingerprint density at radius 1 is 1.19 bits per heavy atom. The van der Waals surface area contributed by atoms with Crippen LogP contribution in [0.25, 0.3) is 0 Å². The SMILES string of the molecule is Cc1cc(C(=O)N2CCC(C)CC2)ccc1NC(=O)C1CC12CCNCC2. The number of anilines is 1. The number of piperidine rings is 2. The molecule has 5 heteroatoms. The van der Waals surface area contributed by atoms with E-state index in [-0.39, 0.29) is 23.1 Å². The molecule has 4 rings (SSSR count). The zero-order valence-electron chi connectivity index (χ0n) is 16.5. The van der Waals surface area contributed by atoms with E-state index in [0.29, 0.717) is 5.92 Å². The van der Waals surface area contributed by atoms with Crippen molar-refractivity contribution >= 4 is 17.5 Å². The molecule has 1 aliphatic carbocycles. The maximum atomic E-state index is 12.7. The van der Waals surface area contributed by atoms with Gasteiger partial charge in [-0.25, -0.2) is 0 Å². The second-order valence-electron chi connectivity index (χ2n) is 8.86. The minimum Gasteiger partial charge on any atom is -0.339 e. The first-order chi connectivity index (χ1) is 13.0. The lowest BCUT2D eigenvalue weighted by Gasteiger charge is -2.30. The number of nitrogens with zero attached hydrogens (tertiary/aromatic N) is 1. The highest BCUT2D eigenvalue weighted by molar-refractivity contribution is 5.98. The van der Waals surface area contributed by atoms with Crippen LogP contribution in [0.4, 0.5) is 5.69 Å². The molecule has 2 aliphatic heterocycles. The van der Waals surface area contributed by atoms with Crippen molar-refractivity contribution in [2.75, 3.05) is 31.5 Å². The molecule has 2 heterocycles. The number of aryl methyl sites for hydroxylation is 1. The smallest absolute Gasteiger partial charge is 0.253 e. The van der Waals surface area contributed by atoms with Crippen molar-refractivity contribution in [3.05, 3.63) is 29.3 Å². The molecule has 0 radical (unpaired) electrons. The molecule has 0 bridgehead atoms. The van der Waals surface area contributed by atoms with E-state index in [2.05, 4.69) is 17.6 Å². The molecule has 1 aromatic rings. The number of carbonyl (C=O) groups is 2. The van der Waals surface area contributed by atoms with Gasteiger partial charge in [-0.3, -0.25) is 9.59 Å². The maximum Gasteiger partial charge on any atom is 0.253 e. The van der Waals surface area contributed by atoms with Crippen molar-refractivity contribution in [2.24, 2.45) is 17.3 Å². The van der Waals surface area contributed by atoms with Crippen LogP contribution in [0, 0.1) is 24.2 Å².